The van der Waals surface area contributed by atoms with E-state index in [0.29, 0.717) is 19.4 Å². The van der Waals surface area contributed by atoms with Gasteiger partial charge in [-0.25, -0.2) is 9.59 Å². The molecule has 2 aromatic rings. The Kier molecular flexibility index (Phi) is 13.4. The third-order valence-electron chi connectivity index (χ3n) is 7.79. The number of nitrogens with one attached hydrogen (secondary N) is 2. The van der Waals surface area contributed by atoms with Crippen LogP contribution in [0.3, 0.4) is 0 Å². The highest BCUT2D eigenvalue weighted by molar-refractivity contribution is 7.60. The van der Waals surface area contributed by atoms with Crippen LogP contribution < -0.4 is 10.6 Å². The van der Waals surface area contributed by atoms with Gasteiger partial charge in [-0.3, -0.25) is 9.13 Å². The molecule has 252 valence electrons. The van der Waals surface area contributed by atoms with Crippen molar-refractivity contribution < 1.29 is 41.8 Å². The Labute approximate surface area is 272 Å². The van der Waals surface area contributed by atoms with Crippen molar-refractivity contribution in [3.63, 3.8) is 0 Å². The minimum atomic E-state index is -3.52. The summed E-state index contributed by atoms with van der Waals surface area (Å²) in [4.78, 5) is 24.2. The zero-order valence-electron chi connectivity index (χ0n) is 27.0. The van der Waals surface area contributed by atoms with Crippen LogP contribution >= 0.6 is 15.0 Å². The Morgan fingerprint density at radius 2 is 1.13 bits per heavy atom. The molecule has 5 atom stereocenters. The predicted octanol–water partition coefficient (Wildman–Crippen LogP) is 7.84. The van der Waals surface area contributed by atoms with Crippen molar-refractivity contribution in [3.8, 4) is 0 Å². The first-order valence-electron chi connectivity index (χ1n) is 15.3. The molecule has 13 heteroatoms. The Morgan fingerprint density at radius 3 is 1.50 bits per heavy atom. The van der Waals surface area contributed by atoms with Crippen LogP contribution in [-0.2, 0) is 45.4 Å². The second-order valence-corrected chi connectivity index (χ2v) is 16.0. The van der Waals surface area contributed by atoms with E-state index in [4.69, 9.17) is 23.0 Å². The van der Waals surface area contributed by atoms with Crippen LogP contribution in [0.2, 0.25) is 0 Å². The number of ether oxygens (including phenoxy) is 2. The standard InChI is InChI=1S/C17H24NO5P.C16H22NO4P/c1-4-15-12-17(15,24(20,22-5-2)23-6-3)18-16(19)21-13-14-10-8-7-9-11-14;1-4-14-11-16(14,22(3,19)21-5-2)17-15(18)20-12-13-9-7-6-8-10-13/h4,7-11,15H,1,5-6,12-13H2,2-3H3,(H,18,19);4,6-10,14H,1,5,11-12H2,2-3H3,(H,17,18). The number of hydrogen-bond donors (Lipinski definition) is 2. The molecule has 2 N–H and O–H groups in total. The van der Waals surface area contributed by atoms with Gasteiger partial charge in [-0.15, -0.1) is 13.2 Å². The molecule has 0 bridgehead atoms. The van der Waals surface area contributed by atoms with Crippen LogP contribution in [0, 0.1) is 11.8 Å². The largest absolute Gasteiger partial charge is 0.445 e. The minimum Gasteiger partial charge on any atom is -0.445 e. The third kappa shape index (κ3) is 8.99. The fraction of sp³-hybridized carbons (Fsp3) is 0.455. The fourth-order valence-corrected chi connectivity index (χ4v) is 9.82. The Bertz CT molecular complexity index is 1410. The normalized spacial score (nSPS) is 24.2. The molecule has 11 nitrogen and oxygen atoms in total. The molecule has 2 aliphatic carbocycles. The van der Waals surface area contributed by atoms with Crippen LogP contribution in [0.1, 0.15) is 44.7 Å². The zero-order valence-corrected chi connectivity index (χ0v) is 28.8. The predicted molar refractivity (Wildman–Crippen MR) is 178 cm³/mol. The van der Waals surface area contributed by atoms with Gasteiger partial charge in [0.2, 0.25) is 7.37 Å². The summed E-state index contributed by atoms with van der Waals surface area (Å²) in [5.74, 6) is -0.232. The van der Waals surface area contributed by atoms with Gasteiger partial charge in [0.1, 0.15) is 18.5 Å². The summed E-state index contributed by atoms with van der Waals surface area (Å²) in [6.45, 7) is 15.3. The van der Waals surface area contributed by atoms with Crippen molar-refractivity contribution >= 4 is 27.2 Å². The quantitative estimate of drug-likeness (QED) is 0.134. The van der Waals surface area contributed by atoms with Gasteiger partial charge in [-0.2, -0.15) is 0 Å². The average Bonchev–Trinajstić information content (AvgIpc) is 3.95. The van der Waals surface area contributed by atoms with E-state index in [1.807, 2.05) is 60.7 Å². The van der Waals surface area contributed by atoms with E-state index in [2.05, 4.69) is 23.8 Å². The molecule has 2 aliphatic rings. The highest BCUT2D eigenvalue weighted by Gasteiger charge is 2.68. The summed E-state index contributed by atoms with van der Waals surface area (Å²) >= 11 is 0. The van der Waals surface area contributed by atoms with Gasteiger partial charge in [0, 0.05) is 18.5 Å². The number of benzene rings is 2. The molecule has 0 aromatic heterocycles. The zero-order chi connectivity index (χ0) is 33.8. The number of carbonyl (C=O) groups is 2. The lowest BCUT2D eigenvalue weighted by Crippen LogP contribution is -2.39. The van der Waals surface area contributed by atoms with E-state index in [9.17, 15) is 18.7 Å². The lowest BCUT2D eigenvalue weighted by atomic mass is 10.2. The third-order valence-corrected chi connectivity index (χ3v) is 13.4. The van der Waals surface area contributed by atoms with Crippen molar-refractivity contribution in [2.24, 2.45) is 11.8 Å². The van der Waals surface area contributed by atoms with Crippen LogP contribution in [0.25, 0.3) is 0 Å². The molecule has 4 rings (SSSR count). The summed E-state index contributed by atoms with van der Waals surface area (Å²) < 4.78 is 52.5. The Hall–Kier alpha value is -3.20. The molecular weight excluding hydrogens is 630 g/mol. The SMILES string of the molecule is C=CC1CC1(NC(=O)OCc1ccccc1)P(=O)(OCC)OCC.C=CC1CC1(NC(=O)OCc1ccccc1)P(C)(=O)OCC. The number of alkyl carbamates (subject to hydrolysis) is 2. The number of amides is 2. The van der Waals surface area contributed by atoms with Crippen LogP contribution in [0.15, 0.2) is 86.0 Å². The Morgan fingerprint density at radius 1 is 0.739 bits per heavy atom. The van der Waals surface area contributed by atoms with Crippen molar-refractivity contribution in [2.75, 3.05) is 26.5 Å². The first kappa shape index (κ1) is 37.3. The summed E-state index contributed by atoms with van der Waals surface area (Å²) in [5, 5.41) is 3.48. The Balaban J connectivity index is 0.000000251. The first-order valence-corrected chi connectivity index (χ1v) is 18.9. The molecule has 0 aliphatic heterocycles. The molecule has 2 amide bonds. The van der Waals surface area contributed by atoms with Gasteiger partial charge in [0.25, 0.3) is 0 Å². The first-order chi connectivity index (χ1) is 22.0. The topological polar surface area (TPSA) is 138 Å². The van der Waals surface area contributed by atoms with E-state index in [0.717, 1.165) is 11.1 Å². The average molecular weight is 677 g/mol. The van der Waals surface area contributed by atoms with Crippen LogP contribution in [0.5, 0.6) is 0 Å². The van der Waals surface area contributed by atoms with Crippen molar-refractivity contribution in [2.45, 2.75) is 57.4 Å². The van der Waals surface area contributed by atoms with Crippen molar-refractivity contribution in [1.82, 2.24) is 10.6 Å². The monoisotopic (exact) mass is 676 g/mol. The molecular formula is C33H46N2O9P2. The number of carbonyl (C=O) groups excluding carboxylic acids is 2. The van der Waals surface area contributed by atoms with E-state index in [-0.39, 0.29) is 38.3 Å². The smallest absolute Gasteiger partial charge is 0.408 e. The van der Waals surface area contributed by atoms with E-state index in [1.54, 1.807) is 39.6 Å². The highest BCUT2D eigenvalue weighted by atomic mass is 31.2. The van der Waals surface area contributed by atoms with Gasteiger partial charge < -0.3 is 33.7 Å². The maximum Gasteiger partial charge on any atom is 0.408 e. The molecule has 2 fully saturated rings. The molecule has 0 heterocycles. The molecule has 0 saturated heterocycles. The minimum absolute atomic E-state index is 0.0563. The van der Waals surface area contributed by atoms with Gasteiger partial charge in [0.05, 0.1) is 19.8 Å². The summed E-state index contributed by atoms with van der Waals surface area (Å²) in [5.41, 5.74) is 1.77. The summed E-state index contributed by atoms with van der Waals surface area (Å²) in [6.07, 6.45) is 3.13. The van der Waals surface area contributed by atoms with E-state index < -0.39 is 37.7 Å². The van der Waals surface area contributed by atoms with Gasteiger partial charge in [0.15, 0.2) is 5.28 Å². The highest BCUT2D eigenvalue weighted by Crippen LogP contribution is 2.73. The maximum atomic E-state index is 13.1. The molecule has 2 saturated carbocycles. The molecule has 2 aromatic carbocycles. The second kappa shape index (κ2) is 16.6. The van der Waals surface area contributed by atoms with Crippen molar-refractivity contribution in [3.05, 3.63) is 97.1 Å². The second-order valence-electron chi connectivity index (χ2n) is 10.9. The molecule has 0 spiro atoms. The van der Waals surface area contributed by atoms with E-state index in [1.165, 1.54) is 0 Å². The lowest BCUT2D eigenvalue weighted by Gasteiger charge is -2.27. The summed E-state index contributed by atoms with van der Waals surface area (Å²) in [6, 6.07) is 18.7. The molecule has 0 radical (unpaired) electrons. The van der Waals surface area contributed by atoms with E-state index >= 15 is 0 Å². The summed E-state index contributed by atoms with van der Waals surface area (Å²) in [7, 11) is -6.51. The van der Waals surface area contributed by atoms with Gasteiger partial charge >= 0.3 is 19.8 Å². The van der Waals surface area contributed by atoms with Crippen LogP contribution in [-0.4, -0.2) is 49.2 Å². The number of rotatable bonds is 16. The molecule has 5 unspecified atom stereocenters. The van der Waals surface area contributed by atoms with Gasteiger partial charge in [-0.1, -0.05) is 72.8 Å². The van der Waals surface area contributed by atoms with Crippen molar-refractivity contribution in [1.29, 1.82) is 0 Å². The maximum absolute atomic E-state index is 13.1. The van der Waals surface area contributed by atoms with Crippen LogP contribution in [0.4, 0.5) is 9.59 Å². The van der Waals surface area contributed by atoms with Gasteiger partial charge in [-0.05, 0) is 44.7 Å². The molecule has 46 heavy (non-hydrogen) atoms. The lowest BCUT2D eigenvalue weighted by molar-refractivity contribution is 0.132. The number of hydrogen-bond acceptors (Lipinski definition) is 9. The fourth-order valence-electron chi connectivity index (χ4n) is 5.19.